The molecule has 3 unspecified atom stereocenters. The minimum absolute atomic E-state index is 0.0462. The minimum atomic E-state index is -3.74. The highest BCUT2D eigenvalue weighted by Crippen LogP contribution is 2.38. The van der Waals surface area contributed by atoms with Crippen LogP contribution < -0.4 is 0 Å². The number of rotatable bonds is 3. The van der Waals surface area contributed by atoms with Crippen molar-refractivity contribution >= 4 is 10.0 Å². The lowest BCUT2D eigenvalue weighted by Crippen LogP contribution is -2.44. The summed E-state index contributed by atoms with van der Waals surface area (Å²) >= 11 is 0. The molecule has 0 aromatic heterocycles. The van der Waals surface area contributed by atoms with Crippen LogP contribution in [0.3, 0.4) is 0 Å². The Labute approximate surface area is 117 Å². The van der Waals surface area contributed by atoms with Gasteiger partial charge in [-0.15, -0.1) is 0 Å². The monoisotopic (exact) mass is 301 g/mol. The molecule has 20 heavy (non-hydrogen) atoms. The van der Waals surface area contributed by atoms with E-state index in [1.807, 2.05) is 0 Å². The fourth-order valence-corrected chi connectivity index (χ4v) is 4.93. The Kier molecular flexibility index (Phi) is 3.53. The van der Waals surface area contributed by atoms with Crippen molar-refractivity contribution in [3.05, 3.63) is 30.1 Å². The number of halogens is 1. The third-order valence-electron chi connectivity index (χ3n) is 4.03. The van der Waals surface area contributed by atoms with Crippen LogP contribution in [0.5, 0.6) is 0 Å². The van der Waals surface area contributed by atoms with Crippen LogP contribution in [0.2, 0.25) is 0 Å². The molecule has 0 amide bonds. The van der Waals surface area contributed by atoms with Gasteiger partial charge in [-0.1, -0.05) is 0 Å². The van der Waals surface area contributed by atoms with Crippen LogP contribution in [-0.4, -0.2) is 49.7 Å². The number of hydrogen-bond donors (Lipinski definition) is 1. The van der Waals surface area contributed by atoms with Gasteiger partial charge >= 0.3 is 0 Å². The quantitative estimate of drug-likeness (QED) is 0.887. The minimum Gasteiger partial charge on any atom is -0.395 e. The number of ether oxygens (including phenoxy) is 1. The second kappa shape index (κ2) is 5.07. The first-order valence-electron chi connectivity index (χ1n) is 6.51. The van der Waals surface area contributed by atoms with Crippen LogP contribution >= 0.6 is 0 Å². The molecule has 1 aromatic carbocycles. The van der Waals surface area contributed by atoms with Crippen molar-refractivity contribution in [2.24, 2.45) is 5.92 Å². The van der Waals surface area contributed by atoms with Gasteiger partial charge in [-0.2, -0.15) is 4.31 Å². The van der Waals surface area contributed by atoms with Crippen LogP contribution in [0, 0.1) is 11.7 Å². The van der Waals surface area contributed by atoms with Gasteiger partial charge in [0.15, 0.2) is 0 Å². The van der Waals surface area contributed by atoms with E-state index in [4.69, 9.17) is 4.74 Å². The van der Waals surface area contributed by atoms with Gasteiger partial charge in [0.2, 0.25) is 10.0 Å². The Bertz CT molecular complexity index is 589. The lowest BCUT2D eigenvalue weighted by molar-refractivity contribution is 0.136. The van der Waals surface area contributed by atoms with E-state index in [1.54, 1.807) is 0 Å². The molecule has 0 spiro atoms. The molecule has 2 aliphatic heterocycles. The van der Waals surface area contributed by atoms with Gasteiger partial charge in [-0.25, -0.2) is 12.8 Å². The van der Waals surface area contributed by atoms with Crippen molar-refractivity contribution in [3.63, 3.8) is 0 Å². The van der Waals surface area contributed by atoms with Crippen molar-refractivity contribution in [1.29, 1.82) is 0 Å². The number of nitrogens with zero attached hydrogens (tertiary/aromatic N) is 1. The Balaban J connectivity index is 1.98. The van der Waals surface area contributed by atoms with Gasteiger partial charge in [0.25, 0.3) is 0 Å². The van der Waals surface area contributed by atoms with E-state index in [0.29, 0.717) is 19.6 Å². The molecule has 1 N–H and O–H groups in total. The van der Waals surface area contributed by atoms with E-state index in [9.17, 15) is 17.9 Å². The van der Waals surface area contributed by atoms with Crippen LogP contribution in [0.1, 0.15) is 6.42 Å². The molecular formula is C13H16FNO4S. The van der Waals surface area contributed by atoms with Gasteiger partial charge in [-0.3, -0.25) is 0 Å². The Morgan fingerprint density at radius 3 is 2.65 bits per heavy atom. The first kappa shape index (κ1) is 13.9. The van der Waals surface area contributed by atoms with E-state index in [0.717, 1.165) is 12.1 Å². The maximum atomic E-state index is 12.9. The first-order valence-corrected chi connectivity index (χ1v) is 7.95. The summed E-state index contributed by atoms with van der Waals surface area (Å²) in [4.78, 5) is 0.0462. The predicted molar refractivity (Wildman–Crippen MR) is 69.0 cm³/mol. The van der Waals surface area contributed by atoms with E-state index in [1.165, 1.54) is 16.4 Å². The average Bonchev–Trinajstić information content (AvgIpc) is 2.98. The maximum absolute atomic E-state index is 12.9. The molecule has 2 saturated heterocycles. The second-order valence-corrected chi connectivity index (χ2v) is 7.07. The zero-order chi connectivity index (χ0) is 14.3. The van der Waals surface area contributed by atoms with Crippen molar-refractivity contribution in [1.82, 2.24) is 4.31 Å². The standard InChI is InChI=1S/C13H16FNO4S/c14-10-1-3-12(4-2-10)20(17,18)15-11(6-16)5-9-7-19-8-13(9)15/h1-4,9,11,13,16H,5-8H2. The largest absolute Gasteiger partial charge is 0.395 e. The molecule has 7 heteroatoms. The first-order chi connectivity index (χ1) is 9.54. The van der Waals surface area contributed by atoms with Gasteiger partial charge < -0.3 is 9.84 Å². The van der Waals surface area contributed by atoms with E-state index in [2.05, 4.69) is 0 Å². The second-order valence-electron chi connectivity index (χ2n) is 5.23. The zero-order valence-electron chi connectivity index (χ0n) is 10.8. The molecule has 0 radical (unpaired) electrons. The molecule has 0 bridgehead atoms. The summed E-state index contributed by atoms with van der Waals surface area (Å²) < 4.78 is 45.0. The third kappa shape index (κ3) is 2.14. The summed E-state index contributed by atoms with van der Waals surface area (Å²) in [6.45, 7) is 0.658. The van der Waals surface area contributed by atoms with Crippen molar-refractivity contribution in [2.75, 3.05) is 19.8 Å². The lowest BCUT2D eigenvalue weighted by atomic mass is 10.0. The van der Waals surface area contributed by atoms with E-state index in [-0.39, 0.29) is 23.5 Å². The molecule has 2 fully saturated rings. The zero-order valence-corrected chi connectivity index (χ0v) is 11.6. The van der Waals surface area contributed by atoms with Gasteiger partial charge in [0.1, 0.15) is 5.82 Å². The molecule has 2 aliphatic rings. The summed E-state index contributed by atoms with van der Waals surface area (Å²) in [6.07, 6.45) is 0.599. The topological polar surface area (TPSA) is 66.8 Å². The smallest absolute Gasteiger partial charge is 0.243 e. The maximum Gasteiger partial charge on any atom is 0.243 e. The summed E-state index contributed by atoms with van der Waals surface area (Å²) in [5, 5.41) is 9.44. The Morgan fingerprint density at radius 1 is 1.30 bits per heavy atom. The summed E-state index contributed by atoms with van der Waals surface area (Å²) in [6, 6.07) is 4.09. The van der Waals surface area contributed by atoms with Crippen LogP contribution in [0.15, 0.2) is 29.2 Å². The number of hydrogen-bond acceptors (Lipinski definition) is 4. The molecular weight excluding hydrogens is 285 g/mol. The van der Waals surface area contributed by atoms with Gasteiger partial charge in [0, 0.05) is 12.0 Å². The number of benzene rings is 1. The van der Waals surface area contributed by atoms with Gasteiger partial charge in [-0.05, 0) is 30.7 Å². The van der Waals surface area contributed by atoms with Crippen molar-refractivity contribution in [3.8, 4) is 0 Å². The predicted octanol–water partition coefficient (Wildman–Crippen LogP) is 0.596. The van der Waals surface area contributed by atoms with Crippen LogP contribution in [-0.2, 0) is 14.8 Å². The number of aliphatic hydroxyl groups is 1. The fourth-order valence-electron chi connectivity index (χ4n) is 3.08. The normalized spacial score (nSPS) is 30.6. The molecule has 5 nitrogen and oxygen atoms in total. The molecule has 3 rings (SSSR count). The summed E-state index contributed by atoms with van der Waals surface area (Å²) in [7, 11) is -3.74. The van der Waals surface area contributed by atoms with Crippen LogP contribution in [0.25, 0.3) is 0 Å². The molecule has 0 saturated carbocycles. The highest BCUT2D eigenvalue weighted by atomic mass is 32.2. The lowest BCUT2D eigenvalue weighted by Gasteiger charge is -2.27. The fraction of sp³-hybridized carbons (Fsp3) is 0.538. The summed E-state index contributed by atoms with van der Waals surface area (Å²) in [5.74, 6) is -0.353. The van der Waals surface area contributed by atoms with E-state index < -0.39 is 21.9 Å². The molecule has 0 aliphatic carbocycles. The highest BCUT2D eigenvalue weighted by molar-refractivity contribution is 7.89. The van der Waals surface area contributed by atoms with Gasteiger partial charge in [0.05, 0.1) is 30.8 Å². The number of aliphatic hydroxyl groups excluding tert-OH is 1. The summed E-state index contributed by atoms with van der Waals surface area (Å²) in [5.41, 5.74) is 0. The molecule has 110 valence electrons. The number of fused-ring (bicyclic) bond motifs is 1. The molecule has 3 atom stereocenters. The van der Waals surface area contributed by atoms with Crippen molar-refractivity contribution < 1.29 is 22.7 Å². The SMILES string of the molecule is O=S(=O)(c1ccc(F)cc1)N1C(CO)CC2COCC21. The highest BCUT2D eigenvalue weighted by Gasteiger charge is 2.49. The third-order valence-corrected chi connectivity index (χ3v) is 6.02. The Hall–Kier alpha value is -1.02. The number of sulfonamides is 1. The molecule has 2 heterocycles. The van der Waals surface area contributed by atoms with Crippen molar-refractivity contribution in [2.45, 2.75) is 23.4 Å². The average molecular weight is 301 g/mol. The molecule has 1 aromatic rings. The Morgan fingerprint density at radius 2 is 2.00 bits per heavy atom. The van der Waals surface area contributed by atoms with Crippen LogP contribution in [0.4, 0.5) is 4.39 Å². The van der Waals surface area contributed by atoms with E-state index >= 15 is 0 Å².